The largest absolute Gasteiger partial charge is 0.388 e. The lowest BCUT2D eigenvalue weighted by atomic mass is 9.80. The smallest absolute Gasteiger partial charge is 0.251 e. The summed E-state index contributed by atoms with van der Waals surface area (Å²) in [7, 11) is 2.05. The summed E-state index contributed by atoms with van der Waals surface area (Å²) in [6.45, 7) is 3.49. The van der Waals surface area contributed by atoms with Crippen molar-refractivity contribution in [1.82, 2.24) is 5.32 Å². The minimum absolute atomic E-state index is 0.116. The summed E-state index contributed by atoms with van der Waals surface area (Å²) in [6.07, 6.45) is 3.71. The Kier molecular flexibility index (Phi) is 4.65. The van der Waals surface area contributed by atoms with Crippen molar-refractivity contribution in [1.29, 1.82) is 0 Å². The van der Waals surface area contributed by atoms with Crippen LogP contribution in [0.3, 0.4) is 0 Å². The first-order valence-electron chi connectivity index (χ1n) is 7.36. The van der Waals surface area contributed by atoms with E-state index in [1.165, 1.54) is 0 Å². The van der Waals surface area contributed by atoms with Crippen LogP contribution < -0.4 is 10.2 Å². The molecule has 2 N–H and O–H groups in total. The van der Waals surface area contributed by atoms with Crippen LogP contribution in [0.4, 0.5) is 5.69 Å². The quantitative estimate of drug-likeness (QED) is 0.837. The number of aliphatic hydroxyl groups is 1. The maximum absolute atomic E-state index is 12.0. The van der Waals surface area contributed by atoms with Crippen LogP contribution in [-0.2, 0) is 0 Å². The number of amides is 1. The van der Waals surface area contributed by atoms with E-state index < -0.39 is 5.60 Å². The van der Waals surface area contributed by atoms with E-state index in [0.29, 0.717) is 12.1 Å². The fraction of sp³-hybridized carbons (Fsp3) is 0.562. The number of carbonyl (C=O) groups is 1. The molecule has 0 radical (unpaired) electrons. The SMILES string of the molecule is CCCN(C)c1ccc(C(=O)NCC2(O)CCC2)cc1. The zero-order valence-corrected chi connectivity index (χ0v) is 12.4. The summed E-state index contributed by atoms with van der Waals surface area (Å²) >= 11 is 0. The average Bonchev–Trinajstić information content (AvgIpc) is 2.43. The Morgan fingerprint density at radius 2 is 2.00 bits per heavy atom. The first kappa shape index (κ1) is 14.9. The van der Waals surface area contributed by atoms with Crippen LogP contribution in [0, 0.1) is 0 Å². The fourth-order valence-corrected chi connectivity index (χ4v) is 2.44. The third kappa shape index (κ3) is 3.51. The van der Waals surface area contributed by atoms with Gasteiger partial charge in [-0.05, 0) is 49.9 Å². The number of nitrogens with zero attached hydrogens (tertiary/aromatic N) is 1. The molecule has 1 fully saturated rings. The van der Waals surface area contributed by atoms with Gasteiger partial charge in [-0.25, -0.2) is 0 Å². The third-order valence-electron chi connectivity index (χ3n) is 3.99. The molecule has 110 valence electrons. The van der Waals surface area contributed by atoms with Crippen LogP contribution in [0.25, 0.3) is 0 Å². The highest BCUT2D eigenvalue weighted by Crippen LogP contribution is 2.30. The molecule has 2 rings (SSSR count). The second kappa shape index (κ2) is 6.27. The Bertz CT molecular complexity index is 452. The Morgan fingerprint density at radius 3 is 2.50 bits per heavy atom. The molecule has 0 spiro atoms. The first-order chi connectivity index (χ1) is 9.54. The monoisotopic (exact) mass is 276 g/mol. The number of hydrogen-bond acceptors (Lipinski definition) is 3. The molecule has 0 aliphatic heterocycles. The molecule has 1 aliphatic rings. The summed E-state index contributed by atoms with van der Waals surface area (Å²) in [6, 6.07) is 7.59. The molecule has 4 nitrogen and oxygen atoms in total. The molecule has 0 saturated heterocycles. The molecule has 0 unspecified atom stereocenters. The van der Waals surface area contributed by atoms with E-state index in [4.69, 9.17) is 0 Å². The zero-order chi connectivity index (χ0) is 14.6. The third-order valence-corrected chi connectivity index (χ3v) is 3.99. The minimum atomic E-state index is -0.670. The highest BCUT2D eigenvalue weighted by molar-refractivity contribution is 5.94. The van der Waals surface area contributed by atoms with Gasteiger partial charge >= 0.3 is 0 Å². The van der Waals surface area contributed by atoms with Gasteiger partial charge < -0.3 is 15.3 Å². The summed E-state index contributed by atoms with van der Waals surface area (Å²) in [5.74, 6) is -0.116. The molecule has 20 heavy (non-hydrogen) atoms. The van der Waals surface area contributed by atoms with Gasteiger partial charge in [0.05, 0.1) is 5.60 Å². The fourth-order valence-electron chi connectivity index (χ4n) is 2.44. The van der Waals surface area contributed by atoms with Gasteiger partial charge in [0, 0.05) is 31.4 Å². The number of benzene rings is 1. The predicted octanol–water partition coefficient (Wildman–Crippen LogP) is 2.18. The average molecular weight is 276 g/mol. The molecule has 0 atom stereocenters. The molecule has 1 saturated carbocycles. The Morgan fingerprint density at radius 1 is 1.35 bits per heavy atom. The molecule has 0 bridgehead atoms. The van der Waals surface area contributed by atoms with E-state index in [-0.39, 0.29) is 5.91 Å². The number of rotatable bonds is 6. The van der Waals surface area contributed by atoms with Gasteiger partial charge in [0.1, 0.15) is 0 Å². The van der Waals surface area contributed by atoms with Crippen LogP contribution in [0.1, 0.15) is 43.0 Å². The summed E-state index contributed by atoms with van der Waals surface area (Å²) in [5.41, 5.74) is 1.08. The molecule has 4 heteroatoms. The van der Waals surface area contributed by atoms with E-state index in [1.54, 1.807) is 0 Å². The van der Waals surface area contributed by atoms with E-state index in [1.807, 2.05) is 31.3 Å². The second-order valence-electron chi connectivity index (χ2n) is 5.73. The molecule has 0 aromatic heterocycles. The second-order valence-corrected chi connectivity index (χ2v) is 5.73. The Balaban J connectivity index is 1.90. The van der Waals surface area contributed by atoms with Crippen LogP contribution in [0.2, 0.25) is 0 Å². The lowest BCUT2D eigenvalue weighted by Gasteiger charge is -2.36. The van der Waals surface area contributed by atoms with E-state index in [0.717, 1.165) is 37.9 Å². The van der Waals surface area contributed by atoms with Crippen molar-refractivity contribution in [2.75, 3.05) is 25.0 Å². The van der Waals surface area contributed by atoms with E-state index in [2.05, 4.69) is 17.1 Å². The van der Waals surface area contributed by atoms with Gasteiger partial charge in [-0.15, -0.1) is 0 Å². The molecule has 1 aromatic carbocycles. The number of carbonyl (C=O) groups excluding carboxylic acids is 1. The Hall–Kier alpha value is -1.55. The lowest BCUT2D eigenvalue weighted by Crippen LogP contribution is -2.47. The van der Waals surface area contributed by atoms with Gasteiger partial charge in [-0.2, -0.15) is 0 Å². The standard InChI is InChI=1S/C16H24N2O2/c1-3-11-18(2)14-7-5-13(6-8-14)15(19)17-12-16(20)9-4-10-16/h5-8,20H,3-4,9-12H2,1-2H3,(H,17,19). The molecule has 1 aliphatic carbocycles. The maximum Gasteiger partial charge on any atom is 0.251 e. The predicted molar refractivity (Wildman–Crippen MR) is 81.1 cm³/mol. The highest BCUT2D eigenvalue weighted by atomic mass is 16.3. The van der Waals surface area contributed by atoms with Crippen LogP contribution in [0.5, 0.6) is 0 Å². The van der Waals surface area contributed by atoms with Crippen molar-refractivity contribution in [2.24, 2.45) is 0 Å². The summed E-state index contributed by atoms with van der Waals surface area (Å²) < 4.78 is 0. The zero-order valence-electron chi connectivity index (χ0n) is 12.4. The highest BCUT2D eigenvalue weighted by Gasteiger charge is 2.34. The first-order valence-corrected chi connectivity index (χ1v) is 7.36. The van der Waals surface area contributed by atoms with Crippen molar-refractivity contribution in [2.45, 2.75) is 38.2 Å². The normalized spacial score (nSPS) is 16.4. The van der Waals surface area contributed by atoms with Crippen LogP contribution in [-0.4, -0.2) is 36.8 Å². The van der Waals surface area contributed by atoms with Crippen molar-refractivity contribution in [3.8, 4) is 0 Å². The topological polar surface area (TPSA) is 52.6 Å². The Labute approximate surface area is 120 Å². The molecular formula is C16H24N2O2. The minimum Gasteiger partial charge on any atom is -0.388 e. The lowest BCUT2D eigenvalue weighted by molar-refractivity contribution is -0.0300. The maximum atomic E-state index is 12.0. The van der Waals surface area contributed by atoms with E-state index in [9.17, 15) is 9.90 Å². The summed E-state index contributed by atoms with van der Waals surface area (Å²) in [5, 5.41) is 12.8. The van der Waals surface area contributed by atoms with Crippen LogP contribution >= 0.6 is 0 Å². The number of nitrogens with one attached hydrogen (secondary N) is 1. The van der Waals surface area contributed by atoms with Crippen molar-refractivity contribution < 1.29 is 9.90 Å². The van der Waals surface area contributed by atoms with Crippen molar-refractivity contribution in [3.63, 3.8) is 0 Å². The summed E-state index contributed by atoms with van der Waals surface area (Å²) in [4.78, 5) is 14.2. The van der Waals surface area contributed by atoms with Crippen LogP contribution in [0.15, 0.2) is 24.3 Å². The number of anilines is 1. The van der Waals surface area contributed by atoms with Gasteiger partial charge in [0.2, 0.25) is 0 Å². The van der Waals surface area contributed by atoms with Crippen molar-refractivity contribution >= 4 is 11.6 Å². The number of hydrogen-bond donors (Lipinski definition) is 2. The molecular weight excluding hydrogens is 252 g/mol. The van der Waals surface area contributed by atoms with Gasteiger partial charge in [0.25, 0.3) is 5.91 Å². The van der Waals surface area contributed by atoms with E-state index >= 15 is 0 Å². The van der Waals surface area contributed by atoms with Gasteiger partial charge in [0.15, 0.2) is 0 Å². The molecule has 1 aromatic rings. The van der Waals surface area contributed by atoms with Gasteiger partial charge in [-0.1, -0.05) is 6.92 Å². The van der Waals surface area contributed by atoms with Gasteiger partial charge in [-0.3, -0.25) is 4.79 Å². The van der Waals surface area contributed by atoms with Crippen molar-refractivity contribution in [3.05, 3.63) is 29.8 Å². The molecule has 0 heterocycles. The molecule has 1 amide bonds.